The van der Waals surface area contributed by atoms with Crippen LogP contribution >= 0.6 is 11.6 Å². The summed E-state index contributed by atoms with van der Waals surface area (Å²) < 4.78 is 0. The Morgan fingerprint density at radius 2 is 2.33 bits per heavy atom. The van der Waals surface area contributed by atoms with E-state index < -0.39 is 11.4 Å². The van der Waals surface area contributed by atoms with Gasteiger partial charge in [-0.15, -0.1) is 0 Å². The topological polar surface area (TPSA) is 76.2 Å². The van der Waals surface area contributed by atoms with Gasteiger partial charge < -0.3 is 10.8 Å². The van der Waals surface area contributed by atoms with E-state index >= 15 is 0 Å². The number of nitrogens with two attached hydrogens (primary N) is 1. The Balaban J connectivity index is 2.43. The standard InChI is InChI=1S/C10H11ClN2O2/c11-8-7(2-1-3-13-8)10(9(14)15)4-6(12)5-10/h1-3,6H,4-5,12H2,(H,14,15). The molecule has 5 heteroatoms. The van der Waals surface area contributed by atoms with E-state index in [9.17, 15) is 9.90 Å². The lowest BCUT2D eigenvalue weighted by Crippen LogP contribution is -2.54. The predicted molar refractivity (Wildman–Crippen MR) is 55.8 cm³/mol. The van der Waals surface area contributed by atoms with Crippen molar-refractivity contribution >= 4 is 17.6 Å². The van der Waals surface area contributed by atoms with Crippen LogP contribution in [-0.2, 0) is 10.2 Å². The van der Waals surface area contributed by atoms with Crippen LogP contribution in [-0.4, -0.2) is 22.1 Å². The average Bonchev–Trinajstić information content (AvgIpc) is 2.13. The van der Waals surface area contributed by atoms with Crippen molar-refractivity contribution in [1.29, 1.82) is 0 Å². The van der Waals surface area contributed by atoms with Gasteiger partial charge in [0.05, 0.1) is 5.41 Å². The third-order valence-electron chi connectivity index (χ3n) is 2.91. The van der Waals surface area contributed by atoms with E-state index in [2.05, 4.69) is 4.98 Å². The van der Waals surface area contributed by atoms with Crippen molar-refractivity contribution < 1.29 is 9.90 Å². The number of rotatable bonds is 2. The summed E-state index contributed by atoms with van der Waals surface area (Å²) in [6, 6.07) is 3.34. The fraction of sp³-hybridized carbons (Fsp3) is 0.400. The van der Waals surface area contributed by atoms with Crippen molar-refractivity contribution in [1.82, 2.24) is 4.98 Å². The van der Waals surface area contributed by atoms with Gasteiger partial charge in [0.2, 0.25) is 0 Å². The molecule has 0 unspecified atom stereocenters. The van der Waals surface area contributed by atoms with Gasteiger partial charge in [0, 0.05) is 17.8 Å². The largest absolute Gasteiger partial charge is 0.481 e. The van der Waals surface area contributed by atoms with Crippen LogP contribution in [0.15, 0.2) is 18.3 Å². The van der Waals surface area contributed by atoms with E-state index in [0.29, 0.717) is 18.4 Å². The van der Waals surface area contributed by atoms with Gasteiger partial charge in [-0.3, -0.25) is 4.79 Å². The number of aromatic nitrogens is 1. The first kappa shape index (κ1) is 10.4. The smallest absolute Gasteiger partial charge is 0.314 e. The van der Waals surface area contributed by atoms with Crippen LogP contribution in [0, 0.1) is 0 Å². The Morgan fingerprint density at radius 1 is 1.67 bits per heavy atom. The van der Waals surface area contributed by atoms with Crippen LogP contribution in [0.1, 0.15) is 18.4 Å². The van der Waals surface area contributed by atoms with E-state index in [1.165, 1.54) is 0 Å². The lowest BCUT2D eigenvalue weighted by Gasteiger charge is -2.42. The third kappa shape index (κ3) is 1.50. The van der Waals surface area contributed by atoms with E-state index in [1.54, 1.807) is 18.3 Å². The fourth-order valence-corrected chi connectivity index (χ4v) is 2.39. The number of pyridine rings is 1. The molecule has 0 amide bonds. The summed E-state index contributed by atoms with van der Waals surface area (Å²) in [5.74, 6) is -0.876. The molecular formula is C10H11ClN2O2. The number of carboxylic acid groups (broad SMARTS) is 1. The Morgan fingerprint density at radius 3 is 2.80 bits per heavy atom. The summed E-state index contributed by atoms with van der Waals surface area (Å²) in [5, 5.41) is 9.49. The molecule has 0 spiro atoms. The van der Waals surface area contributed by atoms with Gasteiger partial charge in [-0.2, -0.15) is 0 Å². The van der Waals surface area contributed by atoms with Gasteiger partial charge in [-0.05, 0) is 18.9 Å². The van der Waals surface area contributed by atoms with Crippen molar-refractivity contribution in [3.05, 3.63) is 29.0 Å². The number of carboxylic acids is 1. The molecule has 0 aliphatic heterocycles. The molecule has 1 fully saturated rings. The second-order valence-electron chi connectivity index (χ2n) is 3.90. The van der Waals surface area contributed by atoms with E-state index in [4.69, 9.17) is 17.3 Å². The molecule has 0 aromatic carbocycles. The average molecular weight is 227 g/mol. The van der Waals surface area contributed by atoms with Gasteiger partial charge in [-0.1, -0.05) is 17.7 Å². The van der Waals surface area contributed by atoms with Crippen molar-refractivity contribution in [2.75, 3.05) is 0 Å². The SMILES string of the molecule is NC1CC(C(=O)O)(c2cccnc2Cl)C1. The van der Waals surface area contributed by atoms with Gasteiger partial charge in [0.15, 0.2) is 0 Å². The zero-order valence-corrected chi connectivity index (χ0v) is 8.74. The summed E-state index contributed by atoms with van der Waals surface area (Å²) in [5.41, 5.74) is 5.30. The maximum Gasteiger partial charge on any atom is 0.314 e. The van der Waals surface area contributed by atoms with Gasteiger partial charge in [-0.25, -0.2) is 4.98 Å². The summed E-state index contributed by atoms with van der Waals surface area (Å²) >= 11 is 5.90. The second-order valence-corrected chi connectivity index (χ2v) is 4.26. The summed E-state index contributed by atoms with van der Waals surface area (Å²) in [6.07, 6.45) is 2.39. The Kier molecular flexibility index (Phi) is 2.40. The molecule has 1 aromatic rings. The molecule has 0 bridgehead atoms. The molecule has 1 aliphatic carbocycles. The van der Waals surface area contributed by atoms with E-state index in [0.717, 1.165) is 0 Å². The highest BCUT2D eigenvalue weighted by atomic mass is 35.5. The highest BCUT2D eigenvalue weighted by molar-refractivity contribution is 6.30. The summed E-state index contributed by atoms with van der Waals surface area (Å²) in [6.45, 7) is 0. The first-order valence-corrected chi connectivity index (χ1v) is 5.04. The molecule has 1 aromatic heterocycles. The van der Waals surface area contributed by atoms with Crippen molar-refractivity contribution in [2.45, 2.75) is 24.3 Å². The molecule has 1 saturated carbocycles. The maximum atomic E-state index is 11.3. The highest BCUT2D eigenvalue weighted by Crippen LogP contribution is 2.45. The predicted octanol–water partition coefficient (Wildman–Crippen LogP) is 1.18. The van der Waals surface area contributed by atoms with Crippen molar-refractivity contribution in [3.63, 3.8) is 0 Å². The number of halogens is 1. The Labute approximate surface area is 92.1 Å². The zero-order chi connectivity index (χ0) is 11.1. The fourth-order valence-electron chi connectivity index (χ4n) is 2.09. The molecule has 1 aliphatic rings. The maximum absolute atomic E-state index is 11.3. The Bertz CT molecular complexity index is 402. The van der Waals surface area contributed by atoms with Crippen molar-refractivity contribution in [2.24, 2.45) is 5.73 Å². The van der Waals surface area contributed by atoms with Crippen molar-refractivity contribution in [3.8, 4) is 0 Å². The molecule has 0 atom stereocenters. The molecule has 0 saturated heterocycles. The molecule has 1 heterocycles. The molecular weight excluding hydrogens is 216 g/mol. The molecule has 80 valence electrons. The lowest BCUT2D eigenvalue weighted by molar-refractivity contribution is -0.148. The monoisotopic (exact) mass is 226 g/mol. The van der Waals surface area contributed by atoms with Crippen LogP contribution < -0.4 is 5.73 Å². The summed E-state index contributed by atoms with van der Waals surface area (Å²) in [4.78, 5) is 15.2. The van der Waals surface area contributed by atoms with Crippen LogP contribution in [0.4, 0.5) is 0 Å². The van der Waals surface area contributed by atoms with Gasteiger partial charge in [0.1, 0.15) is 5.15 Å². The van der Waals surface area contributed by atoms with Crippen LogP contribution in [0.3, 0.4) is 0 Å². The molecule has 15 heavy (non-hydrogen) atoms. The lowest BCUT2D eigenvalue weighted by atomic mass is 9.62. The normalized spacial score (nSPS) is 29.6. The Hall–Kier alpha value is -1.13. The number of carbonyl (C=O) groups is 1. The second kappa shape index (κ2) is 3.47. The molecule has 4 nitrogen and oxygen atoms in total. The molecule has 0 radical (unpaired) electrons. The molecule has 2 rings (SSSR count). The quantitative estimate of drug-likeness (QED) is 0.743. The minimum absolute atomic E-state index is 0.0580. The zero-order valence-electron chi connectivity index (χ0n) is 7.98. The number of hydrogen-bond acceptors (Lipinski definition) is 3. The number of nitrogens with zero attached hydrogens (tertiary/aromatic N) is 1. The van der Waals surface area contributed by atoms with E-state index in [-0.39, 0.29) is 11.2 Å². The molecule has 3 N–H and O–H groups in total. The minimum Gasteiger partial charge on any atom is -0.481 e. The minimum atomic E-state index is -0.926. The first-order valence-electron chi connectivity index (χ1n) is 4.66. The van der Waals surface area contributed by atoms with E-state index in [1.807, 2.05) is 0 Å². The van der Waals surface area contributed by atoms with Crippen LogP contribution in [0.2, 0.25) is 5.15 Å². The third-order valence-corrected chi connectivity index (χ3v) is 3.21. The number of aliphatic carboxylic acids is 1. The van der Waals surface area contributed by atoms with Gasteiger partial charge in [0.25, 0.3) is 0 Å². The number of hydrogen-bond donors (Lipinski definition) is 2. The van der Waals surface area contributed by atoms with Crippen LogP contribution in [0.5, 0.6) is 0 Å². The first-order chi connectivity index (χ1) is 7.06. The van der Waals surface area contributed by atoms with Gasteiger partial charge >= 0.3 is 5.97 Å². The van der Waals surface area contributed by atoms with Crippen LogP contribution in [0.25, 0.3) is 0 Å². The summed E-state index contributed by atoms with van der Waals surface area (Å²) in [7, 11) is 0. The highest BCUT2D eigenvalue weighted by Gasteiger charge is 2.51.